The molecule has 0 bridgehead atoms. The second kappa shape index (κ2) is 12.1. The van der Waals surface area contributed by atoms with Crippen LogP contribution in [-0.4, -0.2) is 64.5 Å². The first kappa shape index (κ1) is 24.5. The van der Waals surface area contributed by atoms with E-state index in [2.05, 4.69) is 25.7 Å². The van der Waals surface area contributed by atoms with E-state index in [9.17, 15) is 13.2 Å². The summed E-state index contributed by atoms with van der Waals surface area (Å²) in [5, 5.41) is 8.79. The largest absolute Gasteiger partial charge is 0.444 e. The first-order valence-electron chi connectivity index (χ1n) is 10.1. The average Bonchev–Trinajstić information content (AvgIpc) is 2.51. The Hall–Kier alpha value is -1.55. The summed E-state index contributed by atoms with van der Waals surface area (Å²) < 4.78 is 31.9. The van der Waals surface area contributed by atoms with Gasteiger partial charge in [-0.3, -0.25) is 4.99 Å². The standard InChI is InChI=1S/C18H37N5O4S/c1-5-19-16(20-10-7-11-22-17(24)27-18(2,3)4)21-12-13-28(25,26)23-14-15-8-6-9-15/h15,23H,5-14H2,1-4H3,(H,22,24)(H2,19,20,21). The number of nitrogens with one attached hydrogen (secondary N) is 4. The summed E-state index contributed by atoms with van der Waals surface area (Å²) in [4.78, 5) is 15.9. The summed E-state index contributed by atoms with van der Waals surface area (Å²) in [5.74, 6) is 1.06. The maximum atomic E-state index is 12.0. The summed E-state index contributed by atoms with van der Waals surface area (Å²) >= 11 is 0. The number of amides is 1. The highest BCUT2D eigenvalue weighted by Crippen LogP contribution is 2.25. The van der Waals surface area contributed by atoms with E-state index >= 15 is 0 Å². The van der Waals surface area contributed by atoms with Gasteiger partial charge in [0, 0.05) is 32.7 Å². The van der Waals surface area contributed by atoms with Crippen molar-refractivity contribution in [3.8, 4) is 0 Å². The molecule has 164 valence electrons. The van der Waals surface area contributed by atoms with E-state index in [4.69, 9.17) is 4.74 Å². The van der Waals surface area contributed by atoms with Gasteiger partial charge >= 0.3 is 6.09 Å². The van der Waals surface area contributed by atoms with Crippen LogP contribution in [0.15, 0.2) is 4.99 Å². The van der Waals surface area contributed by atoms with Gasteiger partial charge in [-0.1, -0.05) is 6.42 Å². The van der Waals surface area contributed by atoms with Crippen molar-refractivity contribution in [2.45, 2.75) is 59.0 Å². The summed E-state index contributed by atoms with van der Waals surface area (Å²) in [5.41, 5.74) is -0.516. The van der Waals surface area contributed by atoms with Crippen LogP contribution >= 0.6 is 0 Å². The monoisotopic (exact) mass is 419 g/mol. The Morgan fingerprint density at radius 3 is 2.43 bits per heavy atom. The fraction of sp³-hybridized carbons (Fsp3) is 0.889. The highest BCUT2D eigenvalue weighted by molar-refractivity contribution is 7.89. The second-order valence-electron chi connectivity index (χ2n) is 7.93. The summed E-state index contributed by atoms with van der Waals surface area (Å²) in [7, 11) is -3.27. The summed E-state index contributed by atoms with van der Waals surface area (Å²) in [6.07, 6.45) is 3.63. The molecule has 0 atom stereocenters. The molecule has 1 fully saturated rings. The summed E-state index contributed by atoms with van der Waals surface area (Å²) in [6, 6.07) is 0. The molecule has 9 nitrogen and oxygen atoms in total. The van der Waals surface area contributed by atoms with Gasteiger partial charge in [0.1, 0.15) is 5.60 Å². The predicted molar refractivity (Wildman–Crippen MR) is 112 cm³/mol. The van der Waals surface area contributed by atoms with E-state index in [1.807, 2.05) is 27.7 Å². The van der Waals surface area contributed by atoms with Crippen LogP contribution in [0.1, 0.15) is 53.4 Å². The van der Waals surface area contributed by atoms with Crippen LogP contribution in [0, 0.1) is 5.92 Å². The third-order valence-electron chi connectivity index (χ3n) is 4.10. The van der Waals surface area contributed by atoms with Gasteiger partial charge in [0.05, 0.1) is 5.75 Å². The van der Waals surface area contributed by atoms with Crippen LogP contribution in [0.4, 0.5) is 4.79 Å². The van der Waals surface area contributed by atoms with Crippen molar-refractivity contribution in [2.24, 2.45) is 10.9 Å². The molecule has 1 saturated carbocycles. The van der Waals surface area contributed by atoms with E-state index in [0.29, 0.717) is 44.5 Å². The van der Waals surface area contributed by atoms with Crippen LogP contribution in [0.3, 0.4) is 0 Å². The number of carbonyl (C=O) groups excluding carboxylic acids is 1. The lowest BCUT2D eigenvalue weighted by Gasteiger charge is -2.25. The Bertz CT molecular complexity index is 598. The minimum atomic E-state index is -3.27. The van der Waals surface area contributed by atoms with Gasteiger partial charge in [0.25, 0.3) is 0 Å². The topological polar surface area (TPSA) is 121 Å². The number of aliphatic imine (C=N–C) groups is 1. The van der Waals surface area contributed by atoms with Crippen LogP contribution in [0.2, 0.25) is 0 Å². The van der Waals surface area contributed by atoms with Crippen molar-refractivity contribution in [2.75, 3.05) is 38.5 Å². The number of nitrogens with zero attached hydrogens (tertiary/aromatic N) is 1. The highest BCUT2D eigenvalue weighted by atomic mass is 32.2. The Morgan fingerprint density at radius 1 is 1.14 bits per heavy atom. The molecule has 1 amide bonds. The first-order valence-corrected chi connectivity index (χ1v) is 11.7. The third kappa shape index (κ3) is 12.0. The Kier molecular flexibility index (Phi) is 10.6. The van der Waals surface area contributed by atoms with Gasteiger partial charge in [-0.25, -0.2) is 17.9 Å². The maximum Gasteiger partial charge on any atom is 0.407 e. The van der Waals surface area contributed by atoms with Gasteiger partial charge in [0.15, 0.2) is 5.96 Å². The molecule has 10 heteroatoms. The first-order chi connectivity index (χ1) is 13.1. The second-order valence-corrected chi connectivity index (χ2v) is 9.86. The van der Waals surface area contributed by atoms with Gasteiger partial charge in [-0.05, 0) is 52.9 Å². The van der Waals surface area contributed by atoms with E-state index in [1.165, 1.54) is 6.42 Å². The zero-order valence-electron chi connectivity index (χ0n) is 17.6. The number of ether oxygens (including phenoxy) is 1. The Labute approximate surface area is 169 Å². The van der Waals surface area contributed by atoms with Crippen molar-refractivity contribution < 1.29 is 17.9 Å². The van der Waals surface area contributed by atoms with Crippen LogP contribution in [0.25, 0.3) is 0 Å². The fourth-order valence-corrected chi connectivity index (χ4v) is 3.44. The lowest BCUT2D eigenvalue weighted by Crippen LogP contribution is -2.42. The van der Waals surface area contributed by atoms with Crippen molar-refractivity contribution in [1.82, 2.24) is 20.7 Å². The molecule has 0 aliphatic heterocycles. The van der Waals surface area contributed by atoms with Gasteiger partial charge in [0.2, 0.25) is 10.0 Å². The highest BCUT2D eigenvalue weighted by Gasteiger charge is 2.20. The number of carbonyl (C=O) groups is 1. The molecule has 0 aromatic carbocycles. The molecular formula is C18H37N5O4S. The van der Waals surface area contributed by atoms with Crippen molar-refractivity contribution in [3.63, 3.8) is 0 Å². The van der Waals surface area contributed by atoms with Crippen molar-refractivity contribution in [1.29, 1.82) is 0 Å². The average molecular weight is 420 g/mol. The number of hydrogen-bond donors (Lipinski definition) is 4. The maximum absolute atomic E-state index is 12.0. The van der Waals surface area contributed by atoms with Crippen molar-refractivity contribution in [3.05, 3.63) is 0 Å². The lowest BCUT2D eigenvalue weighted by molar-refractivity contribution is 0.0527. The van der Waals surface area contributed by atoms with Gasteiger partial charge in [-0.2, -0.15) is 0 Å². The normalized spacial score (nSPS) is 15.6. The number of sulfonamides is 1. The summed E-state index contributed by atoms with van der Waals surface area (Å²) in [6.45, 7) is 9.84. The molecule has 1 aliphatic carbocycles. The zero-order valence-corrected chi connectivity index (χ0v) is 18.5. The molecule has 28 heavy (non-hydrogen) atoms. The minimum absolute atomic E-state index is 0.00430. The molecular weight excluding hydrogens is 382 g/mol. The molecule has 1 rings (SSSR count). The van der Waals surface area contributed by atoms with Crippen LogP contribution < -0.4 is 20.7 Å². The zero-order chi connectivity index (χ0) is 21.0. The molecule has 0 aromatic rings. The van der Waals surface area contributed by atoms with Crippen molar-refractivity contribution >= 4 is 22.1 Å². The molecule has 4 N–H and O–H groups in total. The van der Waals surface area contributed by atoms with E-state index < -0.39 is 21.7 Å². The van der Waals surface area contributed by atoms with Gasteiger partial charge in [-0.15, -0.1) is 0 Å². The SMILES string of the molecule is CCNC(=NCCCNC(=O)OC(C)(C)C)NCCS(=O)(=O)NCC1CCC1. The number of guanidine groups is 1. The van der Waals surface area contributed by atoms with Gasteiger partial charge < -0.3 is 20.7 Å². The fourth-order valence-electron chi connectivity index (χ4n) is 2.43. The van der Waals surface area contributed by atoms with E-state index in [-0.39, 0.29) is 12.3 Å². The predicted octanol–water partition coefficient (Wildman–Crippen LogP) is 1.18. The number of hydrogen-bond acceptors (Lipinski definition) is 5. The quantitative estimate of drug-likeness (QED) is 0.227. The minimum Gasteiger partial charge on any atom is -0.444 e. The van der Waals surface area contributed by atoms with E-state index in [0.717, 1.165) is 12.8 Å². The van der Waals surface area contributed by atoms with Crippen LogP contribution in [0.5, 0.6) is 0 Å². The molecule has 0 aromatic heterocycles. The molecule has 0 saturated heterocycles. The number of rotatable bonds is 11. The molecule has 0 heterocycles. The molecule has 0 radical (unpaired) electrons. The Morgan fingerprint density at radius 2 is 1.86 bits per heavy atom. The molecule has 1 aliphatic rings. The smallest absolute Gasteiger partial charge is 0.407 e. The molecule has 0 unspecified atom stereocenters. The molecule has 0 spiro atoms. The lowest BCUT2D eigenvalue weighted by atomic mass is 9.86. The van der Waals surface area contributed by atoms with E-state index in [1.54, 1.807) is 0 Å². The number of alkyl carbamates (subject to hydrolysis) is 1. The third-order valence-corrected chi connectivity index (χ3v) is 5.45. The van der Waals surface area contributed by atoms with Crippen LogP contribution in [-0.2, 0) is 14.8 Å². The Balaban J connectivity index is 2.24.